The van der Waals surface area contributed by atoms with Gasteiger partial charge in [0.05, 0.1) is 0 Å². The maximum atomic E-state index is 12.3. The molecule has 1 unspecified atom stereocenters. The van der Waals surface area contributed by atoms with Crippen molar-refractivity contribution >= 4 is 5.91 Å². The summed E-state index contributed by atoms with van der Waals surface area (Å²) in [5.74, 6) is 0.0778. The molecule has 108 valence electrons. The normalized spacial score (nSPS) is 24.1. The highest BCUT2D eigenvalue weighted by Crippen LogP contribution is 2.38. The number of carbonyl (C=O) groups excluding carboxylic acids is 1. The smallest absolute Gasteiger partial charge is 0.251 e. The van der Waals surface area contributed by atoms with Crippen LogP contribution in [0.3, 0.4) is 0 Å². The van der Waals surface area contributed by atoms with Crippen molar-refractivity contribution in [2.24, 2.45) is 0 Å². The van der Waals surface area contributed by atoms with Gasteiger partial charge in [-0.2, -0.15) is 0 Å². The first-order valence-corrected chi connectivity index (χ1v) is 7.86. The number of amides is 1. The quantitative estimate of drug-likeness (QED) is 0.888. The highest BCUT2D eigenvalue weighted by molar-refractivity contribution is 5.94. The van der Waals surface area contributed by atoms with Crippen LogP contribution in [0.5, 0.6) is 0 Å². The standard InChI is InChI=1S/C17H24N2O/c1-2-13-4-6-14(7-5-13)16(20)19-15-8-11-18-17(12-15)9-3-10-17/h4-7,15,18H,2-3,8-12H2,1H3,(H,19,20). The predicted octanol–water partition coefficient (Wildman–Crippen LogP) is 2.65. The third-order valence-electron chi connectivity index (χ3n) is 4.90. The molecule has 0 bridgehead atoms. The van der Waals surface area contributed by atoms with Crippen LogP contribution in [0.4, 0.5) is 0 Å². The number of rotatable bonds is 3. The molecule has 3 heteroatoms. The van der Waals surface area contributed by atoms with Crippen LogP contribution in [0.2, 0.25) is 0 Å². The van der Waals surface area contributed by atoms with Crippen molar-refractivity contribution in [2.75, 3.05) is 6.54 Å². The molecule has 1 heterocycles. The van der Waals surface area contributed by atoms with Crippen molar-refractivity contribution in [2.45, 2.75) is 57.0 Å². The van der Waals surface area contributed by atoms with Gasteiger partial charge >= 0.3 is 0 Å². The van der Waals surface area contributed by atoms with E-state index >= 15 is 0 Å². The largest absolute Gasteiger partial charge is 0.349 e. The van der Waals surface area contributed by atoms with E-state index in [0.717, 1.165) is 31.4 Å². The number of nitrogens with one attached hydrogen (secondary N) is 2. The Balaban J connectivity index is 1.60. The van der Waals surface area contributed by atoms with Gasteiger partial charge in [-0.05, 0) is 62.8 Å². The second-order valence-electron chi connectivity index (χ2n) is 6.27. The highest BCUT2D eigenvalue weighted by Gasteiger charge is 2.41. The summed E-state index contributed by atoms with van der Waals surface area (Å²) in [6.07, 6.45) is 7.01. The summed E-state index contributed by atoms with van der Waals surface area (Å²) in [4.78, 5) is 12.3. The number of hydrogen-bond donors (Lipinski definition) is 2. The second-order valence-corrected chi connectivity index (χ2v) is 6.27. The van der Waals surface area contributed by atoms with Gasteiger partial charge in [-0.3, -0.25) is 4.79 Å². The zero-order chi connectivity index (χ0) is 14.0. The van der Waals surface area contributed by atoms with Crippen LogP contribution < -0.4 is 10.6 Å². The van der Waals surface area contributed by atoms with E-state index in [-0.39, 0.29) is 5.91 Å². The minimum absolute atomic E-state index is 0.0778. The van der Waals surface area contributed by atoms with Crippen LogP contribution in [0, 0.1) is 0 Å². The van der Waals surface area contributed by atoms with Crippen LogP contribution in [-0.2, 0) is 6.42 Å². The molecule has 2 N–H and O–H groups in total. The van der Waals surface area contributed by atoms with Crippen molar-refractivity contribution in [1.29, 1.82) is 0 Å². The Labute approximate surface area is 121 Å². The van der Waals surface area contributed by atoms with E-state index in [1.54, 1.807) is 0 Å². The summed E-state index contributed by atoms with van der Waals surface area (Å²) in [5.41, 5.74) is 2.39. The van der Waals surface area contributed by atoms with Gasteiger partial charge in [-0.1, -0.05) is 19.1 Å². The third-order valence-corrected chi connectivity index (χ3v) is 4.90. The van der Waals surface area contributed by atoms with Crippen LogP contribution in [-0.4, -0.2) is 24.0 Å². The highest BCUT2D eigenvalue weighted by atomic mass is 16.1. The molecular weight excluding hydrogens is 248 g/mol. The van der Waals surface area contributed by atoms with Gasteiger partial charge in [0.2, 0.25) is 0 Å². The topological polar surface area (TPSA) is 41.1 Å². The lowest BCUT2D eigenvalue weighted by molar-refractivity contribution is 0.0853. The monoisotopic (exact) mass is 272 g/mol. The van der Waals surface area contributed by atoms with E-state index in [9.17, 15) is 4.79 Å². The lowest BCUT2D eigenvalue weighted by atomic mass is 9.70. The fourth-order valence-corrected chi connectivity index (χ4v) is 3.43. The molecule has 1 atom stereocenters. The van der Waals surface area contributed by atoms with Gasteiger partial charge in [0, 0.05) is 17.1 Å². The fourth-order valence-electron chi connectivity index (χ4n) is 3.43. The molecule has 2 aliphatic rings. The Morgan fingerprint density at radius 2 is 2.10 bits per heavy atom. The number of benzene rings is 1. The van der Waals surface area contributed by atoms with E-state index in [1.165, 1.54) is 24.8 Å². The molecule has 1 spiro atoms. The lowest BCUT2D eigenvalue weighted by Crippen LogP contribution is -2.59. The molecule has 1 amide bonds. The molecule has 1 saturated heterocycles. The average molecular weight is 272 g/mol. The summed E-state index contributed by atoms with van der Waals surface area (Å²) in [6.45, 7) is 3.15. The Morgan fingerprint density at radius 1 is 1.35 bits per heavy atom. The molecule has 1 aromatic carbocycles. The first-order valence-electron chi connectivity index (χ1n) is 7.86. The van der Waals surface area contributed by atoms with Gasteiger partial charge < -0.3 is 10.6 Å². The molecule has 1 aromatic rings. The summed E-state index contributed by atoms with van der Waals surface area (Å²) >= 11 is 0. The molecule has 0 radical (unpaired) electrons. The lowest BCUT2D eigenvalue weighted by Gasteiger charge is -2.48. The Morgan fingerprint density at radius 3 is 2.70 bits per heavy atom. The fraction of sp³-hybridized carbons (Fsp3) is 0.588. The van der Waals surface area contributed by atoms with E-state index < -0.39 is 0 Å². The van der Waals surface area contributed by atoms with Crippen molar-refractivity contribution in [3.63, 3.8) is 0 Å². The SMILES string of the molecule is CCc1ccc(C(=O)NC2CCNC3(CCC3)C2)cc1. The van der Waals surface area contributed by atoms with Crippen LogP contribution in [0.25, 0.3) is 0 Å². The summed E-state index contributed by atoms with van der Waals surface area (Å²) in [5, 5.41) is 6.86. The van der Waals surface area contributed by atoms with Crippen LogP contribution >= 0.6 is 0 Å². The van der Waals surface area contributed by atoms with E-state index in [2.05, 4.69) is 17.6 Å². The van der Waals surface area contributed by atoms with Crippen molar-refractivity contribution in [1.82, 2.24) is 10.6 Å². The predicted molar refractivity (Wildman–Crippen MR) is 80.9 cm³/mol. The molecule has 3 rings (SSSR count). The maximum absolute atomic E-state index is 12.3. The average Bonchev–Trinajstić information content (AvgIpc) is 2.46. The molecule has 1 aliphatic carbocycles. The third kappa shape index (κ3) is 2.73. The first-order chi connectivity index (χ1) is 9.71. The van der Waals surface area contributed by atoms with E-state index in [4.69, 9.17) is 0 Å². The van der Waals surface area contributed by atoms with E-state index in [1.807, 2.05) is 24.3 Å². The number of aryl methyl sites for hydroxylation is 1. The Kier molecular flexibility index (Phi) is 3.79. The zero-order valence-corrected chi connectivity index (χ0v) is 12.2. The molecule has 0 aromatic heterocycles. The molecular formula is C17H24N2O. The Hall–Kier alpha value is -1.35. The summed E-state index contributed by atoms with van der Waals surface area (Å²) < 4.78 is 0. The minimum atomic E-state index is 0.0778. The van der Waals surface area contributed by atoms with Crippen molar-refractivity contribution in [3.05, 3.63) is 35.4 Å². The van der Waals surface area contributed by atoms with Gasteiger partial charge in [0.15, 0.2) is 0 Å². The molecule has 1 saturated carbocycles. The van der Waals surface area contributed by atoms with Crippen molar-refractivity contribution in [3.8, 4) is 0 Å². The van der Waals surface area contributed by atoms with Gasteiger partial charge in [-0.15, -0.1) is 0 Å². The molecule has 2 fully saturated rings. The van der Waals surface area contributed by atoms with Gasteiger partial charge in [-0.25, -0.2) is 0 Å². The Bertz CT molecular complexity index is 476. The minimum Gasteiger partial charge on any atom is -0.349 e. The number of piperidine rings is 1. The molecule has 20 heavy (non-hydrogen) atoms. The van der Waals surface area contributed by atoms with Gasteiger partial charge in [0.1, 0.15) is 0 Å². The number of hydrogen-bond acceptors (Lipinski definition) is 2. The summed E-state index contributed by atoms with van der Waals surface area (Å²) in [7, 11) is 0. The number of carbonyl (C=O) groups is 1. The second kappa shape index (κ2) is 5.57. The maximum Gasteiger partial charge on any atom is 0.251 e. The van der Waals surface area contributed by atoms with Crippen LogP contribution in [0.15, 0.2) is 24.3 Å². The molecule has 3 nitrogen and oxygen atoms in total. The van der Waals surface area contributed by atoms with Gasteiger partial charge in [0.25, 0.3) is 5.91 Å². The van der Waals surface area contributed by atoms with Crippen molar-refractivity contribution < 1.29 is 4.79 Å². The zero-order valence-electron chi connectivity index (χ0n) is 12.2. The van der Waals surface area contributed by atoms with Crippen LogP contribution in [0.1, 0.15) is 54.9 Å². The first kappa shape index (κ1) is 13.6. The summed E-state index contributed by atoms with van der Waals surface area (Å²) in [6, 6.07) is 8.30. The van der Waals surface area contributed by atoms with E-state index in [0.29, 0.717) is 11.6 Å². The molecule has 1 aliphatic heterocycles.